The summed E-state index contributed by atoms with van der Waals surface area (Å²) in [6, 6.07) is 18.5. The van der Waals surface area contributed by atoms with Crippen LogP contribution in [0, 0.1) is 0 Å². The van der Waals surface area contributed by atoms with Crippen molar-refractivity contribution in [3.8, 4) is 0 Å². The number of rotatable bonds is 5. The van der Waals surface area contributed by atoms with E-state index in [-0.39, 0.29) is 12.5 Å². The Morgan fingerprint density at radius 1 is 1.03 bits per heavy atom. The molecule has 5 nitrogen and oxygen atoms in total. The van der Waals surface area contributed by atoms with Crippen LogP contribution in [0.1, 0.15) is 16.9 Å². The molecular weight excluding hydrogens is 441 g/mol. The average Bonchev–Trinajstić information content (AvgIpc) is 3.36. The maximum Gasteiger partial charge on any atom is 0.267 e. The van der Waals surface area contributed by atoms with Crippen molar-refractivity contribution in [2.75, 3.05) is 0 Å². The normalized spacial score (nSPS) is 17.0. The maximum atomic E-state index is 13.0. The molecule has 8 heteroatoms. The summed E-state index contributed by atoms with van der Waals surface area (Å²) >= 11 is 13.5. The second kappa shape index (κ2) is 9.34. The smallest absolute Gasteiger partial charge is 0.267 e. The fourth-order valence-corrected chi connectivity index (χ4v) is 4.03. The van der Waals surface area contributed by atoms with Gasteiger partial charge in [-0.05, 0) is 41.6 Å². The predicted molar refractivity (Wildman–Crippen MR) is 123 cm³/mol. The van der Waals surface area contributed by atoms with Gasteiger partial charge >= 0.3 is 0 Å². The highest BCUT2D eigenvalue weighted by Crippen LogP contribution is 2.34. The first-order chi connectivity index (χ1) is 14.6. The summed E-state index contributed by atoms with van der Waals surface area (Å²) in [5, 5.41) is 9.68. The predicted octanol–water partition coefficient (Wildman–Crippen LogP) is 6.09. The zero-order valence-electron chi connectivity index (χ0n) is 15.5. The van der Waals surface area contributed by atoms with Gasteiger partial charge in [-0.2, -0.15) is 5.10 Å². The zero-order valence-corrected chi connectivity index (χ0v) is 17.9. The first kappa shape index (κ1) is 20.5. The molecule has 1 aromatic heterocycles. The molecule has 3 aromatic rings. The molecule has 0 atom stereocenters. The lowest BCUT2D eigenvalue weighted by atomic mass is 10.2. The first-order valence-electron chi connectivity index (χ1n) is 8.96. The van der Waals surface area contributed by atoms with Gasteiger partial charge in [-0.15, -0.1) is 5.10 Å². The summed E-state index contributed by atoms with van der Waals surface area (Å²) in [7, 11) is 0. The van der Waals surface area contributed by atoms with Crippen LogP contribution in [-0.2, 0) is 11.3 Å². The SMILES string of the molecule is O=C1/C(=C/c2ccccc2)S/C(=N\N=C\c2cccc(Cl)c2Cl)N1Cc1ccco1. The van der Waals surface area contributed by atoms with E-state index >= 15 is 0 Å². The highest BCUT2D eigenvalue weighted by molar-refractivity contribution is 8.18. The van der Waals surface area contributed by atoms with Crippen LogP contribution in [0.5, 0.6) is 0 Å². The molecule has 4 rings (SSSR count). The van der Waals surface area contributed by atoms with Crippen molar-refractivity contribution in [1.29, 1.82) is 0 Å². The summed E-state index contributed by atoms with van der Waals surface area (Å²) in [5.74, 6) is 0.495. The van der Waals surface area contributed by atoms with Gasteiger partial charge in [-0.3, -0.25) is 9.69 Å². The van der Waals surface area contributed by atoms with Gasteiger partial charge in [0.05, 0.1) is 34.0 Å². The van der Waals surface area contributed by atoms with Gasteiger partial charge in [0.1, 0.15) is 5.76 Å². The molecule has 0 bridgehead atoms. The van der Waals surface area contributed by atoms with Crippen molar-refractivity contribution in [3.05, 3.63) is 98.8 Å². The molecule has 1 amide bonds. The largest absolute Gasteiger partial charge is 0.467 e. The molecule has 0 N–H and O–H groups in total. The Kier molecular flexibility index (Phi) is 6.38. The average molecular weight is 456 g/mol. The number of carbonyl (C=O) groups excluding carboxylic acids is 1. The van der Waals surface area contributed by atoms with Crippen LogP contribution >= 0.6 is 35.0 Å². The van der Waals surface area contributed by atoms with Gasteiger partial charge in [-0.1, -0.05) is 65.7 Å². The number of benzene rings is 2. The van der Waals surface area contributed by atoms with Crippen LogP contribution in [0.15, 0.2) is 86.5 Å². The van der Waals surface area contributed by atoms with E-state index in [0.29, 0.717) is 31.4 Å². The number of thioether (sulfide) groups is 1. The second-order valence-electron chi connectivity index (χ2n) is 6.26. The first-order valence-corrected chi connectivity index (χ1v) is 10.5. The summed E-state index contributed by atoms with van der Waals surface area (Å²) < 4.78 is 5.40. The van der Waals surface area contributed by atoms with Crippen molar-refractivity contribution in [2.45, 2.75) is 6.54 Å². The van der Waals surface area contributed by atoms with Gasteiger partial charge < -0.3 is 4.42 Å². The van der Waals surface area contributed by atoms with Crippen molar-refractivity contribution < 1.29 is 9.21 Å². The minimum absolute atomic E-state index is 0.157. The molecule has 1 aliphatic rings. The van der Waals surface area contributed by atoms with Crippen LogP contribution in [-0.4, -0.2) is 22.2 Å². The van der Waals surface area contributed by atoms with Crippen molar-refractivity contribution >= 4 is 58.3 Å². The van der Waals surface area contributed by atoms with Crippen LogP contribution in [0.3, 0.4) is 0 Å². The third-order valence-electron chi connectivity index (χ3n) is 4.20. The number of hydrogen-bond acceptors (Lipinski definition) is 5. The topological polar surface area (TPSA) is 58.2 Å². The molecule has 2 heterocycles. The van der Waals surface area contributed by atoms with E-state index in [1.807, 2.05) is 42.5 Å². The number of carbonyl (C=O) groups is 1. The minimum Gasteiger partial charge on any atom is -0.467 e. The van der Waals surface area contributed by atoms with Gasteiger partial charge in [-0.25, -0.2) is 0 Å². The summed E-state index contributed by atoms with van der Waals surface area (Å²) in [4.78, 5) is 15.1. The summed E-state index contributed by atoms with van der Waals surface area (Å²) in [6.45, 7) is 0.261. The molecule has 0 saturated carbocycles. The molecule has 1 saturated heterocycles. The Bertz CT molecular complexity index is 1140. The van der Waals surface area contributed by atoms with Crippen LogP contribution in [0.2, 0.25) is 10.0 Å². The minimum atomic E-state index is -0.157. The number of hydrogen-bond donors (Lipinski definition) is 0. The number of halogens is 2. The molecule has 2 aromatic carbocycles. The maximum absolute atomic E-state index is 13.0. The second-order valence-corrected chi connectivity index (χ2v) is 8.06. The van der Waals surface area contributed by atoms with Gasteiger partial charge in [0.25, 0.3) is 5.91 Å². The summed E-state index contributed by atoms with van der Waals surface area (Å²) in [5.41, 5.74) is 1.57. The lowest BCUT2D eigenvalue weighted by Gasteiger charge is -2.12. The van der Waals surface area contributed by atoms with Gasteiger partial charge in [0.15, 0.2) is 5.17 Å². The molecule has 0 aliphatic carbocycles. The molecule has 0 unspecified atom stereocenters. The van der Waals surface area contributed by atoms with E-state index in [0.717, 1.165) is 5.56 Å². The van der Waals surface area contributed by atoms with Gasteiger partial charge in [0, 0.05) is 5.56 Å². The van der Waals surface area contributed by atoms with E-state index in [9.17, 15) is 4.79 Å². The van der Waals surface area contributed by atoms with Crippen molar-refractivity contribution in [1.82, 2.24) is 4.90 Å². The quantitative estimate of drug-likeness (QED) is 0.265. The van der Waals surface area contributed by atoms with Crippen molar-refractivity contribution in [3.63, 3.8) is 0 Å². The zero-order chi connectivity index (χ0) is 20.9. The highest BCUT2D eigenvalue weighted by atomic mass is 35.5. The molecule has 0 spiro atoms. The standard InChI is InChI=1S/C22H15Cl2N3O2S/c23-18-10-4-8-16(20(18)24)13-25-26-22-27(14-17-9-5-11-29-17)21(28)19(30-22)12-15-6-2-1-3-7-15/h1-13H,14H2/b19-12-,25-13+,26-22-. The molecule has 1 aliphatic heterocycles. The molecule has 150 valence electrons. The number of nitrogens with zero attached hydrogens (tertiary/aromatic N) is 3. The Morgan fingerprint density at radius 3 is 2.63 bits per heavy atom. The van der Waals surface area contributed by atoms with Crippen LogP contribution in [0.4, 0.5) is 0 Å². The number of furan rings is 1. The van der Waals surface area contributed by atoms with E-state index < -0.39 is 0 Å². The van der Waals surface area contributed by atoms with Crippen LogP contribution in [0.25, 0.3) is 6.08 Å². The fraction of sp³-hybridized carbons (Fsp3) is 0.0455. The molecule has 0 radical (unpaired) electrons. The Hall–Kier alpha value is -2.80. The molecule has 30 heavy (non-hydrogen) atoms. The van der Waals surface area contributed by atoms with E-state index in [1.54, 1.807) is 30.5 Å². The molecular formula is C22H15Cl2N3O2S. The lowest BCUT2D eigenvalue weighted by Crippen LogP contribution is -2.28. The number of amides is 1. The molecule has 1 fully saturated rings. The van der Waals surface area contributed by atoms with Crippen molar-refractivity contribution in [2.24, 2.45) is 10.2 Å². The van der Waals surface area contributed by atoms with Crippen LogP contribution < -0.4 is 0 Å². The van der Waals surface area contributed by atoms with E-state index in [4.69, 9.17) is 27.6 Å². The van der Waals surface area contributed by atoms with Gasteiger partial charge in [0.2, 0.25) is 0 Å². The Morgan fingerprint density at radius 2 is 1.87 bits per heavy atom. The third-order valence-corrected chi connectivity index (χ3v) is 6.03. The van der Waals surface area contributed by atoms with E-state index in [2.05, 4.69) is 10.2 Å². The lowest BCUT2D eigenvalue weighted by molar-refractivity contribution is -0.122. The highest BCUT2D eigenvalue weighted by Gasteiger charge is 2.34. The Labute approximate surface area is 187 Å². The fourth-order valence-electron chi connectivity index (χ4n) is 2.74. The van der Waals surface area contributed by atoms with E-state index in [1.165, 1.54) is 22.9 Å². The Balaban J connectivity index is 1.63. The monoisotopic (exact) mass is 455 g/mol. The summed E-state index contributed by atoms with van der Waals surface area (Å²) in [6.07, 6.45) is 4.91. The third kappa shape index (κ3) is 4.67. The number of amidine groups is 1.